The number of amides is 1. The van der Waals surface area contributed by atoms with Crippen LogP contribution in [-0.2, 0) is 0 Å². The van der Waals surface area contributed by atoms with Gasteiger partial charge in [-0.1, -0.05) is 26.0 Å². The van der Waals surface area contributed by atoms with E-state index in [4.69, 9.17) is 0 Å². The molecule has 28 heavy (non-hydrogen) atoms. The molecular weight excluding hydrogens is 355 g/mol. The molecule has 1 amide bonds. The van der Waals surface area contributed by atoms with Gasteiger partial charge in [0.1, 0.15) is 5.82 Å². The number of hydrogen-bond donors (Lipinski definition) is 0. The van der Waals surface area contributed by atoms with E-state index in [1.807, 2.05) is 28.1 Å². The number of anilines is 2. The molecule has 1 aliphatic rings. The van der Waals surface area contributed by atoms with Gasteiger partial charge in [0.2, 0.25) is 0 Å². The third-order valence-corrected chi connectivity index (χ3v) is 5.08. The molecule has 0 radical (unpaired) electrons. The fourth-order valence-electron chi connectivity index (χ4n) is 3.67. The highest BCUT2D eigenvalue weighted by atomic mass is 19.1. The van der Waals surface area contributed by atoms with E-state index in [1.165, 1.54) is 6.07 Å². The van der Waals surface area contributed by atoms with Gasteiger partial charge >= 0.3 is 0 Å². The Balaban J connectivity index is 1.67. The Morgan fingerprint density at radius 3 is 2.39 bits per heavy atom. The molecule has 0 unspecified atom stereocenters. The zero-order valence-electron chi connectivity index (χ0n) is 16.8. The van der Waals surface area contributed by atoms with Crippen molar-refractivity contribution < 1.29 is 9.18 Å². The normalized spacial score (nSPS) is 14.2. The number of nitrogens with zero attached hydrogens (tertiary/aromatic N) is 4. The Bertz CT molecular complexity index is 784. The van der Waals surface area contributed by atoms with Crippen molar-refractivity contribution in [1.82, 2.24) is 9.88 Å². The molecule has 0 aliphatic carbocycles. The molecule has 0 spiro atoms. The lowest BCUT2D eigenvalue weighted by Gasteiger charge is -2.36. The lowest BCUT2D eigenvalue weighted by molar-refractivity contribution is 0.0746. The van der Waals surface area contributed by atoms with Gasteiger partial charge in [-0.2, -0.15) is 0 Å². The van der Waals surface area contributed by atoms with Gasteiger partial charge in [0, 0.05) is 45.5 Å². The standard InChI is InChI=1S/C22H29FN4O/c1-3-9-25(10-4-2)19-15-18(16-24-17-19)22(28)27-13-11-26(12-14-27)21-8-6-5-7-20(21)23/h5-8,15-17H,3-4,9-14H2,1-2H3. The van der Waals surface area contributed by atoms with E-state index in [9.17, 15) is 9.18 Å². The summed E-state index contributed by atoms with van der Waals surface area (Å²) < 4.78 is 14.0. The van der Waals surface area contributed by atoms with Crippen molar-refractivity contribution >= 4 is 17.3 Å². The lowest BCUT2D eigenvalue weighted by Crippen LogP contribution is -2.49. The van der Waals surface area contributed by atoms with Gasteiger partial charge in [-0.3, -0.25) is 9.78 Å². The van der Waals surface area contributed by atoms with Crippen LogP contribution in [0.5, 0.6) is 0 Å². The van der Waals surface area contributed by atoms with E-state index < -0.39 is 0 Å². The number of hydrogen-bond acceptors (Lipinski definition) is 4. The number of piperazine rings is 1. The van der Waals surface area contributed by atoms with E-state index in [-0.39, 0.29) is 11.7 Å². The summed E-state index contributed by atoms with van der Waals surface area (Å²) in [5.41, 5.74) is 2.22. The maximum absolute atomic E-state index is 14.0. The average molecular weight is 384 g/mol. The zero-order valence-corrected chi connectivity index (χ0v) is 16.8. The predicted molar refractivity (Wildman–Crippen MR) is 112 cm³/mol. The van der Waals surface area contributed by atoms with Crippen molar-refractivity contribution in [3.05, 3.63) is 54.1 Å². The minimum Gasteiger partial charge on any atom is -0.370 e. The van der Waals surface area contributed by atoms with Gasteiger partial charge in [-0.25, -0.2) is 4.39 Å². The summed E-state index contributed by atoms with van der Waals surface area (Å²) in [6.07, 6.45) is 5.58. The number of para-hydroxylation sites is 1. The van der Waals surface area contributed by atoms with Crippen LogP contribution in [-0.4, -0.2) is 55.1 Å². The van der Waals surface area contributed by atoms with Crippen molar-refractivity contribution in [3.8, 4) is 0 Å². The molecule has 0 saturated carbocycles. The van der Waals surface area contributed by atoms with E-state index >= 15 is 0 Å². The Morgan fingerprint density at radius 1 is 1.07 bits per heavy atom. The predicted octanol–water partition coefficient (Wildman–Crippen LogP) is 3.81. The number of benzene rings is 1. The third-order valence-electron chi connectivity index (χ3n) is 5.08. The summed E-state index contributed by atoms with van der Waals surface area (Å²) in [5, 5.41) is 0. The van der Waals surface area contributed by atoms with Crippen LogP contribution in [0, 0.1) is 5.82 Å². The number of carbonyl (C=O) groups is 1. The van der Waals surface area contributed by atoms with Crippen LogP contribution in [0.25, 0.3) is 0 Å². The van der Waals surface area contributed by atoms with Crippen molar-refractivity contribution in [2.45, 2.75) is 26.7 Å². The molecule has 3 rings (SSSR count). The molecule has 0 N–H and O–H groups in total. The number of rotatable bonds is 7. The maximum Gasteiger partial charge on any atom is 0.255 e. The van der Waals surface area contributed by atoms with Crippen LogP contribution in [0.3, 0.4) is 0 Å². The summed E-state index contributed by atoms with van der Waals surface area (Å²) in [6, 6.07) is 8.74. The van der Waals surface area contributed by atoms with Crippen LogP contribution in [0.2, 0.25) is 0 Å². The molecule has 5 nitrogen and oxygen atoms in total. The van der Waals surface area contributed by atoms with Crippen LogP contribution in [0.15, 0.2) is 42.7 Å². The quantitative estimate of drug-likeness (QED) is 0.728. The molecule has 0 atom stereocenters. The average Bonchev–Trinajstić information content (AvgIpc) is 2.74. The summed E-state index contributed by atoms with van der Waals surface area (Å²) in [5.74, 6) is -0.221. The summed E-state index contributed by atoms with van der Waals surface area (Å²) >= 11 is 0. The Kier molecular flexibility index (Phi) is 6.85. The van der Waals surface area contributed by atoms with Crippen LogP contribution in [0.1, 0.15) is 37.0 Å². The van der Waals surface area contributed by atoms with Crippen molar-refractivity contribution in [2.24, 2.45) is 0 Å². The first kappa shape index (κ1) is 20.1. The Morgan fingerprint density at radius 2 is 1.75 bits per heavy atom. The minimum atomic E-state index is -0.217. The molecular formula is C22H29FN4O. The van der Waals surface area contributed by atoms with Crippen molar-refractivity contribution in [1.29, 1.82) is 0 Å². The molecule has 1 aromatic heterocycles. The molecule has 1 aromatic carbocycles. The Labute approximate surface area is 166 Å². The van der Waals surface area contributed by atoms with Gasteiger partial charge in [-0.15, -0.1) is 0 Å². The second-order valence-corrected chi connectivity index (χ2v) is 7.15. The first-order chi connectivity index (χ1) is 13.6. The van der Waals surface area contributed by atoms with Crippen molar-refractivity contribution in [3.63, 3.8) is 0 Å². The van der Waals surface area contributed by atoms with Gasteiger partial charge in [0.05, 0.1) is 23.1 Å². The van der Waals surface area contributed by atoms with Gasteiger partial charge in [0.15, 0.2) is 0 Å². The molecule has 150 valence electrons. The number of halogens is 1. The molecule has 6 heteroatoms. The van der Waals surface area contributed by atoms with Crippen LogP contribution >= 0.6 is 0 Å². The van der Waals surface area contributed by atoms with Crippen LogP contribution in [0.4, 0.5) is 15.8 Å². The third kappa shape index (κ3) is 4.61. The first-order valence-corrected chi connectivity index (χ1v) is 10.1. The highest BCUT2D eigenvalue weighted by Gasteiger charge is 2.24. The lowest BCUT2D eigenvalue weighted by atomic mass is 10.2. The molecule has 1 aliphatic heterocycles. The van der Waals surface area contributed by atoms with E-state index in [0.29, 0.717) is 37.4 Å². The van der Waals surface area contributed by atoms with Gasteiger partial charge < -0.3 is 14.7 Å². The number of carbonyl (C=O) groups excluding carboxylic acids is 1. The summed E-state index contributed by atoms with van der Waals surface area (Å²) in [4.78, 5) is 23.4. The largest absolute Gasteiger partial charge is 0.370 e. The van der Waals surface area contributed by atoms with Crippen molar-refractivity contribution in [2.75, 3.05) is 49.1 Å². The second-order valence-electron chi connectivity index (χ2n) is 7.15. The minimum absolute atomic E-state index is 0.00418. The molecule has 1 fully saturated rings. The zero-order chi connectivity index (χ0) is 19.9. The topological polar surface area (TPSA) is 39.7 Å². The molecule has 2 aromatic rings. The second kappa shape index (κ2) is 9.53. The highest BCUT2D eigenvalue weighted by molar-refractivity contribution is 5.95. The van der Waals surface area contributed by atoms with E-state index in [1.54, 1.807) is 18.3 Å². The molecule has 0 bridgehead atoms. The smallest absolute Gasteiger partial charge is 0.255 e. The monoisotopic (exact) mass is 384 g/mol. The van der Waals surface area contributed by atoms with E-state index in [2.05, 4.69) is 23.7 Å². The van der Waals surface area contributed by atoms with E-state index in [0.717, 1.165) is 31.6 Å². The summed E-state index contributed by atoms with van der Waals surface area (Å²) in [7, 11) is 0. The molecule has 1 saturated heterocycles. The highest BCUT2D eigenvalue weighted by Crippen LogP contribution is 2.22. The fraction of sp³-hybridized carbons (Fsp3) is 0.455. The van der Waals surface area contributed by atoms with Crippen LogP contribution < -0.4 is 9.80 Å². The SMILES string of the molecule is CCCN(CCC)c1cncc(C(=O)N2CCN(c3ccccc3F)CC2)c1. The summed E-state index contributed by atoms with van der Waals surface area (Å²) in [6.45, 7) is 8.61. The number of pyridine rings is 1. The Hall–Kier alpha value is -2.63. The first-order valence-electron chi connectivity index (χ1n) is 10.1. The fourth-order valence-corrected chi connectivity index (χ4v) is 3.67. The number of aromatic nitrogens is 1. The van der Waals surface area contributed by atoms with Gasteiger partial charge in [-0.05, 0) is 31.0 Å². The maximum atomic E-state index is 14.0. The molecule has 2 heterocycles. The van der Waals surface area contributed by atoms with Gasteiger partial charge in [0.25, 0.3) is 5.91 Å².